The molecule has 0 saturated heterocycles. The standard InChI is InChI=1S/C16H11ClFN3O/c17-12-4-1-5-13(18)14(12)11(15(19)22)7-9-8-21-16-10(9)3-2-6-20-16/h1-8H,(H2,19,22)(H,20,21). The summed E-state index contributed by atoms with van der Waals surface area (Å²) in [6.45, 7) is 0. The molecule has 6 heteroatoms. The summed E-state index contributed by atoms with van der Waals surface area (Å²) in [4.78, 5) is 18.9. The van der Waals surface area contributed by atoms with E-state index < -0.39 is 11.7 Å². The highest BCUT2D eigenvalue weighted by Crippen LogP contribution is 2.29. The van der Waals surface area contributed by atoms with Gasteiger partial charge in [0.2, 0.25) is 5.91 Å². The number of hydrogen-bond acceptors (Lipinski definition) is 2. The van der Waals surface area contributed by atoms with Crippen LogP contribution in [0.25, 0.3) is 22.7 Å². The molecule has 0 spiro atoms. The van der Waals surface area contributed by atoms with E-state index in [1.165, 1.54) is 24.3 Å². The predicted octanol–water partition coefficient (Wildman–Crippen LogP) is 3.38. The summed E-state index contributed by atoms with van der Waals surface area (Å²) in [5, 5.41) is 0.928. The Kier molecular flexibility index (Phi) is 3.65. The quantitative estimate of drug-likeness (QED) is 0.727. The molecule has 3 rings (SSSR count). The Bertz CT molecular complexity index is 881. The molecule has 22 heavy (non-hydrogen) atoms. The van der Waals surface area contributed by atoms with E-state index >= 15 is 0 Å². The predicted molar refractivity (Wildman–Crippen MR) is 84.6 cm³/mol. The first-order valence-corrected chi connectivity index (χ1v) is 6.83. The maximum absolute atomic E-state index is 14.1. The fraction of sp³-hybridized carbons (Fsp3) is 0. The molecule has 0 aliphatic heterocycles. The third kappa shape index (κ3) is 2.46. The number of primary amides is 1. The van der Waals surface area contributed by atoms with E-state index in [0.717, 1.165) is 5.39 Å². The minimum atomic E-state index is -0.759. The van der Waals surface area contributed by atoms with Gasteiger partial charge >= 0.3 is 0 Å². The Morgan fingerprint density at radius 1 is 1.32 bits per heavy atom. The van der Waals surface area contributed by atoms with Crippen molar-refractivity contribution in [1.29, 1.82) is 0 Å². The van der Waals surface area contributed by atoms with Crippen LogP contribution < -0.4 is 5.73 Å². The molecule has 0 fully saturated rings. The zero-order valence-corrected chi connectivity index (χ0v) is 12.1. The van der Waals surface area contributed by atoms with Crippen molar-refractivity contribution in [3.63, 3.8) is 0 Å². The van der Waals surface area contributed by atoms with Crippen LogP contribution in [0.1, 0.15) is 11.1 Å². The van der Waals surface area contributed by atoms with Gasteiger partial charge in [0, 0.05) is 28.9 Å². The largest absolute Gasteiger partial charge is 0.366 e. The van der Waals surface area contributed by atoms with Crippen LogP contribution in [-0.2, 0) is 4.79 Å². The van der Waals surface area contributed by atoms with E-state index in [9.17, 15) is 9.18 Å². The molecule has 1 amide bonds. The van der Waals surface area contributed by atoms with Gasteiger partial charge in [-0.25, -0.2) is 9.37 Å². The van der Waals surface area contributed by atoms with E-state index in [0.29, 0.717) is 11.2 Å². The van der Waals surface area contributed by atoms with Crippen LogP contribution in [0, 0.1) is 5.82 Å². The lowest BCUT2D eigenvalue weighted by molar-refractivity contribution is -0.112. The summed E-state index contributed by atoms with van der Waals surface area (Å²) >= 11 is 6.02. The first-order chi connectivity index (χ1) is 10.6. The van der Waals surface area contributed by atoms with Crippen LogP contribution in [0.3, 0.4) is 0 Å². The second kappa shape index (κ2) is 5.61. The van der Waals surface area contributed by atoms with Crippen LogP contribution in [0.2, 0.25) is 5.02 Å². The van der Waals surface area contributed by atoms with Gasteiger partial charge in [-0.15, -0.1) is 0 Å². The number of nitrogens with zero attached hydrogens (tertiary/aromatic N) is 1. The van der Waals surface area contributed by atoms with Crippen LogP contribution in [-0.4, -0.2) is 15.9 Å². The Morgan fingerprint density at radius 3 is 2.86 bits per heavy atom. The van der Waals surface area contributed by atoms with Gasteiger partial charge in [-0.05, 0) is 30.3 Å². The van der Waals surface area contributed by atoms with Gasteiger partial charge in [-0.3, -0.25) is 4.79 Å². The Hall–Kier alpha value is -2.66. The van der Waals surface area contributed by atoms with Gasteiger partial charge in [0.05, 0.1) is 10.6 Å². The molecule has 2 heterocycles. The maximum atomic E-state index is 14.1. The van der Waals surface area contributed by atoms with Crippen molar-refractivity contribution >= 4 is 40.2 Å². The lowest BCUT2D eigenvalue weighted by Gasteiger charge is -2.07. The minimum Gasteiger partial charge on any atom is -0.366 e. The molecule has 0 atom stereocenters. The number of nitrogens with two attached hydrogens (primary N) is 1. The topological polar surface area (TPSA) is 71.8 Å². The van der Waals surface area contributed by atoms with Crippen LogP contribution in [0.4, 0.5) is 4.39 Å². The molecular formula is C16H11ClFN3O. The number of aromatic amines is 1. The summed E-state index contributed by atoms with van der Waals surface area (Å²) in [6, 6.07) is 7.82. The first kappa shape index (κ1) is 14.3. The second-order valence-electron chi connectivity index (χ2n) is 4.66. The van der Waals surface area contributed by atoms with Crippen molar-refractivity contribution in [3.8, 4) is 0 Å². The number of rotatable bonds is 3. The van der Waals surface area contributed by atoms with E-state index in [4.69, 9.17) is 17.3 Å². The normalized spacial score (nSPS) is 11.8. The summed E-state index contributed by atoms with van der Waals surface area (Å²) in [6.07, 6.45) is 4.83. The molecule has 4 nitrogen and oxygen atoms in total. The molecule has 1 aromatic carbocycles. The van der Waals surface area contributed by atoms with E-state index in [2.05, 4.69) is 9.97 Å². The third-order valence-corrected chi connectivity index (χ3v) is 3.60. The highest BCUT2D eigenvalue weighted by atomic mass is 35.5. The first-order valence-electron chi connectivity index (χ1n) is 6.46. The number of pyridine rings is 1. The summed E-state index contributed by atoms with van der Waals surface area (Å²) in [7, 11) is 0. The number of hydrogen-bond donors (Lipinski definition) is 2. The Labute approximate surface area is 130 Å². The highest BCUT2D eigenvalue weighted by molar-refractivity contribution is 6.36. The summed E-state index contributed by atoms with van der Waals surface area (Å²) in [5.74, 6) is -1.36. The van der Waals surface area contributed by atoms with E-state index in [-0.39, 0.29) is 16.2 Å². The average Bonchev–Trinajstić information content (AvgIpc) is 2.89. The summed E-state index contributed by atoms with van der Waals surface area (Å²) in [5.41, 5.74) is 6.75. The molecule has 2 aromatic heterocycles. The molecule has 3 aromatic rings. The van der Waals surface area contributed by atoms with E-state index in [1.54, 1.807) is 18.5 Å². The number of halogens is 2. The number of fused-ring (bicyclic) bond motifs is 1. The van der Waals surface area contributed by atoms with Gasteiger partial charge < -0.3 is 10.7 Å². The molecule has 110 valence electrons. The average molecular weight is 316 g/mol. The second-order valence-corrected chi connectivity index (χ2v) is 5.07. The smallest absolute Gasteiger partial charge is 0.249 e. The van der Waals surface area contributed by atoms with Gasteiger partial charge in [0.25, 0.3) is 0 Å². The Morgan fingerprint density at radius 2 is 2.14 bits per heavy atom. The number of H-pyrrole nitrogens is 1. The van der Waals surface area contributed by atoms with Crippen molar-refractivity contribution in [2.75, 3.05) is 0 Å². The zero-order valence-electron chi connectivity index (χ0n) is 11.3. The zero-order chi connectivity index (χ0) is 15.7. The summed E-state index contributed by atoms with van der Waals surface area (Å²) < 4.78 is 14.1. The number of benzene rings is 1. The molecule has 0 unspecified atom stereocenters. The van der Waals surface area contributed by atoms with Crippen molar-refractivity contribution in [1.82, 2.24) is 9.97 Å². The minimum absolute atomic E-state index is 0.00472. The number of carbonyl (C=O) groups excluding carboxylic acids is 1. The van der Waals surface area contributed by atoms with Crippen molar-refractivity contribution in [3.05, 3.63) is 64.7 Å². The van der Waals surface area contributed by atoms with Gasteiger partial charge in [0.15, 0.2) is 0 Å². The monoisotopic (exact) mass is 315 g/mol. The number of amides is 1. The molecular weight excluding hydrogens is 305 g/mol. The lowest BCUT2D eigenvalue weighted by atomic mass is 10.0. The molecule has 0 bridgehead atoms. The number of aromatic nitrogens is 2. The number of carbonyl (C=O) groups is 1. The molecule has 0 saturated carbocycles. The van der Waals surface area contributed by atoms with Crippen molar-refractivity contribution < 1.29 is 9.18 Å². The Balaban J connectivity index is 2.22. The molecule has 0 radical (unpaired) electrons. The van der Waals surface area contributed by atoms with Crippen molar-refractivity contribution in [2.24, 2.45) is 5.73 Å². The van der Waals surface area contributed by atoms with Crippen molar-refractivity contribution in [2.45, 2.75) is 0 Å². The SMILES string of the molecule is NC(=O)C(=Cc1c[nH]c2ncccc12)c1c(F)cccc1Cl. The maximum Gasteiger partial charge on any atom is 0.249 e. The van der Waals surface area contributed by atoms with Gasteiger partial charge in [-0.2, -0.15) is 0 Å². The van der Waals surface area contributed by atoms with Gasteiger partial charge in [0.1, 0.15) is 11.5 Å². The van der Waals surface area contributed by atoms with Crippen LogP contribution >= 0.6 is 11.6 Å². The lowest BCUT2D eigenvalue weighted by Crippen LogP contribution is -2.14. The van der Waals surface area contributed by atoms with E-state index in [1.807, 2.05) is 6.07 Å². The van der Waals surface area contributed by atoms with Crippen LogP contribution in [0.5, 0.6) is 0 Å². The van der Waals surface area contributed by atoms with Crippen LogP contribution in [0.15, 0.2) is 42.7 Å². The highest BCUT2D eigenvalue weighted by Gasteiger charge is 2.17. The molecule has 0 aliphatic carbocycles. The fourth-order valence-electron chi connectivity index (χ4n) is 2.27. The third-order valence-electron chi connectivity index (χ3n) is 3.28. The fourth-order valence-corrected chi connectivity index (χ4v) is 2.54. The molecule has 0 aliphatic rings. The van der Waals surface area contributed by atoms with Gasteiger partial charge in [-0.1, -0.05) is 17.7 Å². The number of nitrogens with one attached hydrogen (secondary N) is 1. The molecule has 3 N–H and O–H groups in total.